The van der Waals surface area contributed by atoms with E-state index in [1.165, 1.54) is 19.3 Å². The Labute approximate surface area is 127 Å². The number of hydrogen-bond acceptors (Lipinski definition) is 4. The predicted molar refractivity (Wildman–Crippen MR) is 84.4 cm³/mol. The van der Waals surface area contributed by atoms with Crippen molar-refractivity contribution in [2.45, 2.75) is 45.1 Å². The van der Waals surface area contributed by atoms with Gasteiger partial charge in [0.15, 0.2) is 11.5 Å². The molecule has 1 aromatic carbocycles. The molecule has 0 saturated heterocycles. The molecule has 0 aromatic heterocycles. The monoisotopic (exact) mass is 293 g/mol. The summed E-state index contributed by atoms with van der Waals surface area (Å²) in [6, 6.07) is 4.17. The zero-order valence-corrected chi connectivity index (χ0v) is 13.4. The average Bonchev–Trinajstić information content (AvgIpc) is 2.45. The van der Waals surface area contributed by atoms with Crippen LogP contribution in [0.3, 0.4) is 0 Å². The lowest BCUT2D eigenvalue weighted by molar-refractivity contribution is 0.171. The first-order chi connectivity index (χ1) is 10.2. The van der Waals surface area contributed by atoms with Gasteiger partial charge < -0.3 is 19.9 Å². The summed E-state index contributed by atoms with van der Waals surface area (Å²) in [6.45, 7) is 2.83. The fourth-order valence-corrected chi connectivity index (χ4v) is 2.50. The third kappa shape index (κ3) is 4.03. The topological polar surface area (TPSA) is 53.7 Å². The maximum Gasteiger partial charge on any atom is 0.203 e. The van der Waals surface area contributed by atoms with Crippen molar-refractivity contribution >= 4 is 0 Å². The van der Waals surface area contributed by atoms with Crippen LogP contribution in [0, 0.1) is 5.92 Å². The van der Waals surface area contributed by atoms with Crippen LogP contribution in [0.15, 0.2) is 12.1 Å². The zero-order chi connectivity index (χ0) is 15.2. The SMILES string of the molecule is CCC(N)Cc1cc(OC)c(OCC2CCC2)c(OC)c1. The van der Waals surface area contributed by atoms with E-state index in [0.717, 1.165) is 36.5 Å². The van der Waals surface area contributed by atoms with E-state index in [-0.39, 0.29) is 6.04 Å². The average molecular weight is 293 g/mol. The maximum atomic E-state index is 6.04. The van der Waals surface area contributed by atoms with Crippen LogP contribution in [0.1, 0.15) is 38.2 Å². The predicted octanol–water partition coefficient (Wildman–Crippen LogP) is 3.16. The van der Waals surface area contributed by atoms with Gasteiger partial charge in [-0.15, -0.1) is 0 Å². The lowest BCUT2D eigenvalue weighted by Gasteiger charge is -2.26. The molecule has 21 heavy (non-hydrogen) atoms. The normalized spacial score (nSPS) is 16.2. The van der Waals surface area contributed by atoms with Crippen LogP contribution in [0.4, 0.5) is 0 Å². The van der Waals surface area contributed by atoms with Crippen LogP contribution in [0.2, 0.25) is 0 Å². The number of methoxy groups -OCH3 is 2. The van der Waals surface area contributed by atoms with Gasteiger partial charge in [0.1, 0.15) is 0 Å². The summed E-state index contributed by atoms with van der Waals surface area (Å²) in [7, 11) is 3.32. The first kappa shape index (κ1) is 16.0. The Kier molecular flexibility index (Phi) is 5.74. The Hall–Kier alpha value is -1.42. The Morgan fingerprint density at radius 2 is 1.81 bits per heavy atom. The summed E-state index contributed by atoms with van der Waals surface area (Å²) in [6.07, 6.45) is 5.59. The van der Waals surface area contributed by atoms with Crippen molar-refractivity contribution in [3.8, 4) is 17.2 Å². The number of nitrogens with two attached hydrogens (primary N) is 1. The highest BCUT2D eigenvalue weighted by Crippen LogP contribution is 2.40. The van der Waals surface area contributed by atoms with Gasteiger partial charge in [0.25, 0.3) is 0 Å². The van der Waals surface area contributed by atoms with Gasteiger partial charge in [0.2, 0.25) is 5.75 Å². The van der Waals surface area contributed by atoms with E-state index in [2.05, 4.69) is 6.92 Å². The van der Waals surface area contributed by atoms with Crippen LogP contribution in [0.25, 0.3) is 0 Å². The van der Waals surface area contributed by atoms with Gasteiger partial charge in [-0.1, -0.05) is 13.3 Å². The summed E-state index contributed by atoms with van der Waals surface area (Å²) in [5, 5.41) is 0. The molecule has 0 spiro atoms. The molecule has 0 heterocycles. The molecule has 1 aliphatic carbocycles. The fourth-order valence-electron chi connectivity index (χ4n) is 2.50. The minimum atomic E-state index is 0.154. The Morgan fingerprint density at radius 3 is 2.24 bits per heavy atom. The van der Waals surface area contributed by atoms with Crippen LogP contribution >= 0.6 is 0 Å². The van der Waals surface area contributed by atoms with E-state index >= 15 is 0 Å². The van der Waals surface area contributed by atoms with E-state index in [1.807, 2.05) is 12.1 Å². The van der Waals surface area contributed by atoms with Gasteiger partial charge in [-0.05, 0) is 49.3 Å². The van der Waals surface area contributed by atoms with Crippen LogP contribution < -0.4 is 19.9 Å². The lowest BCUT2D eigenvalue weighted by atomic mass is 9.86. The molecule has 1 atom stereocenters. The zero-order valence-electron chi connectivity index (χ0n) is 13.4. The Bertz CT molecular complexity index is 432. The minimum Gasteiger partial charge on any atom is -0.493 e. The summed E-state index contributed by atoms with van der Waals surface area (Å²) >= 11 is 0. The van der Waals surface area contributed by atoms with Crippen molar-refractivity contribution < 1.29 is 14.2 Å². The van der Waals surface area contributed by atoms with Crippen molar-refractivity contribution in [3.63, 3.8) is 0 Å². The molecule has 0 amide bonds. The van der Waals surface area contributed by atoms with E-state index in [1.54, 1.807) is 14.2 Å². The van der Waals surface area contributed by atoms with Crippen molar-refractivity contribution in [1.82, 2.24) is 0 Å². The van der Waals surface area contributed by atoms with E-state index in [0.29, 0.717) is 11.7 Å². The highest BCUT2D eigenvalue weighted by molar-refractivity contribution is 5.54. The van der Waals surface area contributed by atoms with E-state index in [4.69, 9.17) is 19.9 Å². The van der Waals surface area contributed by atoms with Crippen LogP contribution in [0.5, 0.6) is 17.2 Å². The molecule has 118 valence electrons. The smallest absolute Gasteiger partial charge is 0.203 e. The van der Waals surface area contributed by atoms with Gasteiger partial charge in [-0.3, -0.25) is 0 Å². The highest BCUT2D eigenvalue weighted by Gasteiger charge is 2.21. The van der Waals surface area contributed by atoms with Crippen molar-refractivity contribution in [2.24, 2.45) is 11.7 Å². The van der Waals surface area contributed by atoms with Gasteiger partial charge in [-0.2, -0.15) is 0 Å². The van der Waals surface area contributed by atoms with Crippen molar-refractivity contribution in [1.29, 1.82) is 0 Å². The molecule has 0 aliphatic heterocycles. The molecular weight excluding hydrogens is 266 g/mol. The highest BCUT2D eigenvalue weighted by atomic mass is 16.5. The van der Waals surface area contributed by atoms with Gasteiger partial charge in [-0.25, -0.2) is 0 Å². The first-order valence-electron chi connectivity index (χ1n) is 7.81. The molecule has 2 rings (SSSR count). The number of hydrogen-bond donors (Lipinski definition) is 1. The molecule has 0 radical (unpaired) electrons. The number of benzene rings is 1. The Morgan fingerprint density at radius 1 is 1.19 bits per heavy atom. The largest absolute Gasteiger partial charge is 0.493 e. The Balaban J connectivity index is 2.16. The summed E-state index contributed by atoms with van der Waals surface area (Å²) in [4.78, 5) is 0. The molecule has 1 aliphatic rings. The number of rotatable bonds is 8. The molecule has 2 N–H and O–H groups in total. The molecule has 0 bridgehead atoms. The molecular formula is C17H27NO3. The van der Waals surface area contributed by atoms with Crippen LogP contribution in [-0.2, 0) is 6.42 Å². The minimum absolute atomic E-state index is 0.154. The molecule has 1 fully saturated rings. The summed E-state index contributed by atoms with van der Waals surface area (Å²) in [5.41, 5.74) is 7.16. The molecule has 1 unspecified atom stereocenters. The third-order valence-corrected chi connectivity index (χ3v) is 4.23. The lowest BCUT2D eigenvalue weighted by Crippen LogP contribution is -2.21. The van der Waals surface area contributed by atoms with Crippen molar-refractivity contribution in [3.05, 3.63) is 17.7 Å². The quantitative estimate of drug-likeness (QED) is 0.800. The maximum absolute atomic E-state index is 6.04. The van der Waals surface area contributed by atoms with Crippen molar-refractivity contribution in [2.75, 3.05) is 20.8 Å². The summed E-state index contributed by atoms with van der Waals surface area (Å²) < 4.78 is 16.9. The third-order valence-electron chi connectivity index (χ3n) is 4.23. The molecule has 4 heteroatoms. The second-order valence-corrected chi connectivity index (χ2v) is 5.81. The second kappa shape index (κ2) is 7.55. The first-order valence-corrected chi connectivity index (χ1v) is 7.81. The van der Waals surface area contributed by atoms with E-state index < -0.39 is 0 Å². The number of ether oxygens (including phenoxy) is 3. The second-order valence-electron chi connectivity index (χ2n) is 5.81. The summed E-state index contributed by atoms with van der Waals surface area (Å²) in [5.74, 6) is 2.84. The molecule has 1 saturated carbocycles. The standard InChI is InChI=1S/C17H27NO3/c1-4-14(18)8-13-9-15(19-2)17(16(10-13)20-3)21-11-12-6-5-7-12/h9-10,12,14H,4-8,11,18H2,1-3H3. The van der Waals surface area contributed by atoms with Gasteiger partial charge in [0, 0.05) is 6.04 Å². The van der Waals surface area contributed by atoms with Gasteiger partial charge in [0.05, 0.1) is 20.8 Å². The fraction of sp³-hybridized carbons (Fsp3) is 0.647. The van der Waals surface area contributed by atoms with Crippen LogP contribution in [-0.4, -0.2) is 26.9 Å². The van der Waals surface area contributed by atoms with Gasteiger partial charge >= 0.3 is 0 Å². The van der Waals surface area contributed by atoms with E-state index in [9.17, 15) is 0 Å². The molecule has 4 nitrogen and oxygen atoms in total. The molecule has 1 aromatic rings.